The van der Waals surface area contributed by atoms with Crippen LogP contribution in [0.1, 0.15) is 11.1 Å². The van der Waals surface area contributed by atoms with Crippen LogP contribution >= 0.6 is 0 Å². The highest BCUT2D eigenvalue weighted by Crippen LogP contribution is 2.31. The largest absolute Gasteiger partial charge is 0.493 e. The first-order valence-corrected chi connectivity index (χ1v) is 11.0. The van der Waals surface area contributed by atoms with E-state index in [-0.39, 0.29) is 0 Å². The molecule has 0 aliphatic heterocycles. The fourth-order valence-corrected chi connectivity index (χ4v) is 3.50. The van der Waals surface area contributed by atoms with Crippen molar-refractivity contribution in [2.24, 2.45) is 0 Å². The average molecular weight is 470 g/mol. The van der Waals surface area contributed by atoms with Crippen molar-refractivity contribution in [2.75, 3.05) is 36.8 Å². The van der Waals surface area contributed by atoms with Crippen LogP contribution in [-0.2, 0) is 6.54 Å². The number of benzene rings is 3. The van der Waals surface area contributed by atoms with Gasteiger partial charge >= 0.3 is 0 Å². The Bertz CT molecular complexity index is 1300. The maximum Gasteiger partial charge on any atom is 0.234 e. The molecule has 35 heavy (non-hydrogen) atoms. The summed E-state index contributed by atoms with van der Waals surface area (Å²) in [4.78, 5) is 14.9. The third kappa shape index (κ3) is 5.64. The van der Waals surface area contributed by atoms with Crippen LogP contribution in [0.5, 0.6) is 11.5 Å². The molecule has 0 bridgehead atoms. The lowest BCUT2D eigenvalue weighted by Gasteiger charge is -2.19. The maximum absolute atomic E-state index is 7.88. The number of anilines is 5. The van der Waals surface area contributed by atoms with Gasteiger partial charge in [0.1, 0.15) is 6.33 Å². The molecule has 0 aliphatic rings. The summed E-state index contributed by atoms with van der Waals surface area (Å²) in [5, 5.41) is 14.4. The number of ether oxygens (including phenoxy) is 2. The van der Waals surface area contributed by atoms with Crippen LogP contribution in [0.4, 0.5) is 29.0 Å². The topological polar surface area (TPSA) is 108 Å². The summed E-state index contributed by atoms with van der Waals surface area (Å²) >= 11 is 0. The second-order valence-electron chi connectivity index (χ2n) is 7.62. The number of rotatable bonds is 10. The number of hydrogen-bond acceptors (Lipinski definition) is 9. The molecule has 9 heteroatoms. The highest BCUT2D eigenvalue weighted by Gasteiger charge is 2.12. The minimum Gasteiger partial charge on any atom is -0.493 e. The molecule has 0 atom stereocenters. The van der Waals surface area contributed by atoms with Gasteiger partial charge in [0.2, 0.25) is 11.9 Å². The van der Waals surface area contributed by atoms with Gasteiger partial charge in [0, 0.05) is 48.5 Å². The Balaban J connectivity index is 1.50. The number of nitrogens with zero attached hydrogens (tertiary/aromatic N) is 4. The van der Waals surface area contributed by atoms with Gasteiger partial charge in [0.25, 0.3) is 0 Å². The van der Waals surface area contributed by atoms with Crippen LogP contribution in [0.15, 0.2) is 73.1 Å². The summed E-state index contributed by atoms with van der Waals surface area (Å²) in [7, 11) is 5.05. The summed E-state index contributed by atoms with van der Waals surface area (Å²) in [5.74, 6) is 2.09. The van der Waals surface area contributed by atoms with E-state index in [2.05, 4.69) is 37.7 Å². The molecule has 0 saturated heterocycles. The zero-order chi connectivity index (χ0) is 24.6. The first-order chi connectivity index (χ1) is 17.1. The van der Waals surface area contributed by atoms with Gasteiger partial charge in [-0.3, -0.25) is 0 Å². The third-order valence-corrected chi connectivity index (χ3v) is 5.40. The molecule has 0 fully saturated rings. The lowest BCUT2D eigenvalue weighted by atomic mass is 10.1. The second kappa shape index (κ2) is 11.0. The van der Waals surface area contributed by atoms with Crippen LogP contribution in [0.25, 0.3) is 0 Å². The molecular weight excluding hydrogens is 442 g/mol. The molecular formula is C26H27N7O2. The van der Waals surface area contributed by atoms with Crippen LogP contribution in [0.2, 0.25) is 0 Å². The standard InChI is InChI=1S/C26H27N7O2/c1-33(21-10-11-22(19(13-21)15-27)28-16-18-7-5-4-6-8-18)26-30-17-29-25(32-26)31-20-9-12-23(34-2)24(14-20)35-3/h4-15,17,27-28H,16H2,1-3H3,(H,29,30,31,32). The zero-order valence-corrected chi connectivity index (χ0v) is 19.8. The normalized spacial score (nSPS) is 10.4. The summed E-state index contributed by atoms with van der Waals surface area (Å²) in [6.07, 6.45) is 2.79. The first-order valence-electron chi connectivity index (χ1n) is 11.0. The van der Waals surface area contributed by atoms with Gasteiger partial charge in [-0.05, 0) is 35.9 Å². The van der Waals surface area contributed by atoms with Gasteiger partial charge in [-0.2, -0.15) is 4.98 Å². The Kier molecular flexibility index (Phi) is 7.37. The molecule has 0 unspecified atom stereocenters. The molecule has 0 amide bonds. The predicted octanol–water partition coefficient (Wildman–Crippen LogP) is 5.01. The Hall–Kier alpha value is -4.66. The van der Waals surface area contributed by atoms with E-state index in [1.807, 2.05) is 66.5 Å². The van der Waals surface area contributed by atoms with E-state index in [1.54, 1.807) is 14.2 Å². The van der Waals surface area contributed by atoms with Crippen molar-refractivity contribution in [3.8, 4) is 11.5 Å². The van der Waals surface area contributed by atoms with Gasteiger partial charge in [-0.15, -0.1) is 0 Å². The van der Waals surface area contributed by atoms with Crippen LogP contribution in [-0.4, -0.2) is 42.4 Å². The van der Waals surface area contributed by atoms with E-state index in [0.717, 1.165) is 22.6 Å². The molecule has 0 saturated carbocycles. The van der Waals surface area contributed by atoms with E-state index in [9.17, 15) is 0 Å². The predicted molar refractivity (Wildman–Crippen MR) is 139 cm³/mol. The molecule has 0 radical (unpaired) electrons. The van der Waals surface area contributed by atoms with Crippen LogP contribution < -0.4 is 25.0 Å². The molecule has 0 aliphatic carbocycles. The Morgan fingerprint density at radius 3 is 2.49 bits per heavy atom. The minimum absolute atomic E-state index is 0.391. The van der Waals surface area contributed by atoms with Crippen molar-refractivity contribution in [3.63, 3.8) is 0 Å². The van der Waals surface area contributed by atoms with Gasteiger partial charge in [-0.1, -0.05) is 30.3 Å². The van der Waals surface area contributed by atoms with E-state index in [1.165, 1.54) is 18.1 Å². The highest BCUT2D eigenvalue weighted by molar-refractivity contribution is 5.88. The number of hydrogen-bond donors (Lipinski definition) is 3. The molecule has 9 nitrogen and oxygen atoms in total. The van der Waals surface area contributed by atoms with Crippen molar-refractivity contribution in [1.82, 2.24) is 15.0 Å². The van der Waals surface area contributed by atoms with E-state index < -0.39 is 0 Å². The summed E-state index contributed by atoms with van der Waals surface area (Å²) in [6, 6.07) is 21.5. The molecule has 1 heterocycles. The quantitative estimate of drug-likeness (QED) is 0.278. The second-order valence-corrected chi connectivity index (χ2v) is 7.62. The number of nitrogens with one attached hydrogen (secondary N) is 3. The van der Waals surface area contributed by atoms with Crippen molar-refractivity contribution in [2.45, 2.75) is 6.54 Å². The maximum atomic E-state index is 7.88. The Morgan fingerprint density at radius 1 is 0.943 bits per heavy atom. The molecule has 0 spiro atoms. The van der Waals surface area contributed by atoms with Crippen molar-refractivity contribution in [1.29, 1.82) is 5.41 Å². The highest BCUT2D eigenvalue weighted by atomic mass is 16.5. The summed E-state index contributed by atoms with van der Waals surface area (Å²) < 4.78 is 10.6. The Morgan fingerprint density at radius 2 is 1.74 bits per heavy atom. The van der Waals surface area contributed by atoms with Crippen molar-refractivity contribution in [3.05, 3.63) is 84.2 Å². The van der Waals surface area contributed by atoms with Crippen molar-refractivity contribution >= 4 is 35.2 Å². The van der Waals surface area contributed by atoms with Gasteiger partial charge in [0.05, 0.1) is 14.2 Å². The fraction of sp³-hybridized carbons (Fsp3) is 0.154. The van der Waals surface area contributed by atoms with Gasteiger partial charge in [-0.25, -0.2) is 9.97 Å². The molecule has 1 aromatic heterocycles. The van der Waals surface area contributed by atoms with Crippen molar-refractivity contribution < 1.29 is 9.47 Å². The average Bonchev–Trinajstić information content (AvgIpc) is 2.92. The fourth-order valence-electron chi connectivity index (χ4n) is 3.50. The van der Waals surface area contributed by atoms with E-state index in [0.29, 0.717) is 29.9 Å². The first kappa shape index (κ1) is 23.5. The lowest BCUT2D eigenvalue weighted by Crippen LogP contribution is -2.15. The third-order valence-electron chi connectivity index (χ3n) is 5.40. The molecule has 4 rings (SSSR count). The monoisotopic (exact) mass is 469 g/mol. The number of methoxy groups -OCH3 is 2. The number of aromatic nitrogens is 3. The van der Waals surface area contributed by atoms with Gasteiger partial charge < -0.3 is 30.4 Å². The summed E-state index contributed by atoms with van der Waals surface area (Å²) in [5.41, 5.74) is 4.42. The molecule has 3 aromatic carbocycles. The van der Waals surface area contributed by atoms with E-state index >= 15 is 0 Å². The lowest BCUT2D eigenvalue weighted by molar-refractivity contribution is 0.355. The van der Waals surface area contributed by atoms with Crippen LogP contribution in [0, 0.1) is 5.41 Å². The van der Waals surface area contributed by atoms with Crippen LogP contribution in [0.3, 0.4) is 0 Å². The molecule has 4 aromatic rings. The SMILES string of the molecule is COc1ccc(Nc2ncnc(N(C)c3ccc(NCc4ccccc4)c(C=N)c3)n2)cc1OC. The molecule has 178 valence electrons. The zero-order valence-electron chi connectivity index (χ0n) is 19.8. The minimum atomic E-state index is 0.391. The van der Waals surface area contributed by atoms with E-state index in [4.69, 9.17) is 14.9 Å². The Labute approximate surface area is 204 Å². The summed E-state index contributed by atoms with van der Waals surface area (Å²) in [6.45, 7) is 0.676. The van der Waals surface area contributed by atoms with Gasteiger partial charge in [0.15, 0.2) is 11.5 Å². The smallest absolute Gasteiger partial charge is 0.234 e. The molecule has 3 N–H and O–H groups in total.